The number of hydrogen-bond acceptors (Lipinski definition) is 15. The normalized spacial score (nSPS) is 14.3. The van der Waals surface area contributed by atoms with Crippen molar-refractivity contribution in [2.75, 3.05) is 39.6 Å². The molecule has 0 aromatic rings. The summed E-state index contributed by atoms with van der Waals surface area (Å²) in [5.74, 6) is -1.37. The maximum Gasteiger partial charge on any atom is 0.472 e. The van der Waals surface area contributed by atoms with Gasteiger partial charge in [-0.05, 0) is 31.6 Å². The number of hydrogen-bond donors (Lipinski definition) is 3. The largest absolute Gasteiger partial charge is 0.472 e. The van der Waals surface area contributed by atoms with E-state index in [4.69, 9.17) is 37.0 Å². The van der Waals surface area contributed by atoms with Crippen LogP contribution in [0.25, 0.3) is 0 Å². The summed E-state index contributed by atoms with van der Waals surface area (Å²) in [5, 5.41) is 10.5. The Hall–Kier alpha value is -1.94. The van der Waals surface area contributed by atoms with Crippen LogP contribution in [0.5, 0.6) is 0 Å². The van der Waals surface area contributed by atoms with Crippen LogP contribution in [0, 0.1) is 5.92 Å². The molecule has 17 nitrogen and oxygen atoms in total. The van der Waals surface area contributed by atoms with Crippen molar-refractivity contribution in [2.24, 2.45) is 5.92 Å². The van der Waals surface area contributed by atoms with Crippen LogP contribution in [0.1, 0.15) is 311 Å². The van der Waals surface area contributed by atoms with E-state index in [-0.39, 0.29) is 25.7 Å². The Kier molecular flexibility index (Phi) is 54.6. The standard InChI is InChI=1S/C62H120O17P2/c1-6-9-12-15-16-17-18-19-20-21-22-27-30-33-38-43-48-62(67)79-58(52-73-60(65)46-41-37-32-29-26-24-23-25-28-31-36-39-44-55(4)5)54-77-81(70,71)75-50-56(63)49-74-80(68,69)76-53-57(78-61(66)47-42-35-14-11-8-3)51-72-59(64)45-40-34-13-10-7-2/h55-58,63H,6-54H2,1-5H3,(H,68,69)(H,70,71)/t56-,57+,58+/m0/s1. The number of phosphoric ester groups is 2. The molecule has 0 saturated carbocycles. The Morgan fingerprint density at radius 1 is 0.333 bits per heavy atom. The van der Waals surface area contributed by atoms with Gasteiger partial charge in [-0.1, -0.05) is 259 Å². The third kappa shape index (κ3) is 56.9. The van der Waals surface area contributed by atoms with E-state index < -0.39 is 97.5 Å². The Labute approximate surface area is 492 Å². The first kappa shape index (κ1) is 79.1. The molecule has 3 N–H and O–H groups in total. The van der Waals surface area contributed by atoms with Gasteiger partial charge in [0, 0.05) is 25.7 Å². The fourth-order valence-electron chi connectivity index (χ4n) is 9.23. The molecule has 480 valence electrons. The smallest absolute Gasteiger partial charge is 0.462 e. The van der Waals surface area contributed by atoms with Gasteiger partial charge in [0.15, 0.2) is 12.2 Å². The number of ether oxygens (including phenoxy) is 4. The highest BCUT2D eigenvalue weighted by molar-refractivity contribution is 7.47. The number of aliphatic hydroxyl groups excluding tert-OH is 1. The zero-order chi connectivity index (χ0) is 59.9. The van der Waals surface area contributed by atoms with Crippen LogP contribution >= 0.6 is 15.6 Å². The molecule has 0 fully saturated rings. The molecule has 0 radical (unpaired) electrons. The molecule has 0 aromatic heterocycles. The predicted octanol–water partition coefficient (Wildman–Crippen LogP) is 17.0. The van der Waals surface area contributed by atoms with Crippen LogP contribution in [0.3, 0.4) is 0 Å². The van der Waals surface area contributed by atoms with Crippen LogP contribution < -0.4 is 0 Å². The molecule has 0 spiro atoms. The Bertz CT molecular complexity index is 1580. The predicted molar refractivity (Wildman–Crippen MR) is 322 cm³/mol. The SMILES string of the molecule is CCCCCCCCCCCCCCCCCCC(=O)O[C@H](COC(=O)CCCCCCCCCCCCCCC(C)C)COP(=O)(O)OC[C@@H](O)COP(=O)(O)OC[C@@H](COC(=O)CCCCCCC)OC(=O)CCCCCCC. The monoisotopic (exact) mass is 1200 g/mol. The van der Waals surface area contributed by atoms with Gasteiger partial charge in [-0.3, -0.25) is 37.3 Å². The summed E-state index contributed by atoms with van der Waals surface area (Å²) in [4.78, 5) is 71.6. The Balaban J connectivity index is 5.10. The minimum absolute atomic E-state index is 0.0989. The first-order chi connectivity index (χ1) is 39.0. The average Bonchev–Trinajstić information content (AvgIpc) is 3.43. The third-order valence-electron chi connectivity index (χ3n) is 14.3. The first-order valence-electron chi connectivity index (χ1n) is 32.6. The van der Waals surface area contributed by atoms with E-state index >= 15 is 0 Å². The van der Waals surface area contributed by atoms with Crippen LogP contribution in [0.15, 0.2) is 0 Å². The minimum Gasteiger partial charge on any atom is -0.462 e. The lowest BCUT2D eigenvalue weighted by Gasteiger charge is -2.21. The molecule has 0 heterocycles. The quantitative estimate of drug-likeness (QED) is 0.0222. The van der Waals surface area contributed by atoms with Crippen molar-refractivity contribution in [2.45, 2.75) is 329 Å². The van der Waals surface area contributed by atoms with Crippen molar-refractivity contribution in [3.8, 4) is 0 Å². The molecular weight excluding hydrogens is 1080 g/mol. The summed E-state index contributed by atoms with van der Waals surface area (Å²) in [6, 6.07) is 0. The van der Waals surface area contributed by atoms with Gasteiger partial charge in [0.2, 0.25) is 0 Å². The van der Waals surface area contributed by atoms with Crippen molar-refractivity contribution < 1.29 is 80.2 Å². The number of carbonyl (C=O) groups is 4. The van der Waals surface area contributed by atoms with Gasteiger partial charge < -0.3 is 33.8 Å². The third-order valence-corrected chi connectivity index (χ3v) is 16.2. The van der Waals surface area contributed by atoms with Crippen LogP contribution in [-0.4, -0.2) is 96.7 Å². The zero-order valence-corrected chi connectivity index (χ0v) is 53.7. The van der Waals surface area contributed by atoms with Crippen molar-refractivity contribution >= 4 is 39.5 Å². The molecule has 0 saturated heterocycles. The lowest BCUT2D eigenvalue weighted by molar-refractivity contribution is -0.161. The number of phosphoric acid groups is 2. The molecule has 0 aliphatic heterocycles. The molecular formula is C62H120O17P2. The number of carbonyl (C=O) groups excluding carboxylic acids is 4. The summed E-state index contributed by atoms with van der Waals surface area (Å²) in [7, 11) is -9.86. The van der Waals surface area contributed by atoms with E-state index in [1.54, 1.807) is 0 Å². The highest BCUT2D eigenvalue weighted by Gasteiger charge is 2.30. The van der Waals surface area contributed by atoms with Gasteiger partial charge in [0.25, 0.3) is 0 Å². The summed E-state index contributed by atoms with van der Waals surface area (Å²) in [5.41, 5.74) is 0. The molecule has 0 aliphatic carbocycles. The second kappa shape index (κ2) is 55.9. The summed E-state index contributed by atoms with van der Waals surface area (Å²) in [6.45, 7) is 7.01. The summed E-state index contributed by atoms with van der Waals surface area (Å²) < 4.78 is 67.5. The molecule has 2 unspecified atom stereocenters. The van der Waals surface area contributed by atoms with Crippen LogP contribution in [-0.2, 0) is 65.4 Å². The van der Waals surface area contributed by atoms with Gasteiger partial charge in [-0.15, -0.1) is 0 Å². The fourth-order valence-corrected chi connectivity index (χ4v) is 10.8. The van der Waals surface area contributed by atoms with E-state index in [1.807, 2.05) is 0 Å². The van der Waals surface area contributed by atoms with Crippen molar-refractivity contribution in [1.29, 1.82) is 0 Å². The molecule has 0 bridgehead atoms. The minimum atomic E-state index is -4.94. The van der Waals surface area contributed by atoms with Gasteiger partial charge in [-0.2, -0.15) is 0 Å². The molecule has 19 heteroatoms. The van der Waals surface area contributed by atoms with E-state index in [0.29, 0.717) is 25.7 Å². The Morgan fingerprint density at radius 2 is 0.568 bits per heavy atom. The topological polar surface area (TPSA) is 237 Å². The van der Waals surface area contributed by atoms with Crippen LogP contribution in [0.2, 0.25) is 0 Å². The highest BCUT2D eigenvalue weighted by atomic mass is 31.2. The molecule has 5 atom stereocenters. The second-order valence-corrected chi connectivity index (χ2v) is 25.8. The summed E-state index contributed by atoms with van der Waals surface area (Å²) in [6.07, 6.45) is 39.7. The van der Waals surface area contributed by atoms with E-state index in [1.165, 1.54) is 128 Å². The number of rotatable bonds is 62. The Morgan fingerprint density at radius 3 is 0.840 bits per heavy atom. The first-order valence-corrected chi connectivity index (χ1v) is 35.6. The number of unbranched alkanes of at least 4 members (excludes halogenated alkanes) is 34. The van der Waals surface area contributed by atoms with Gasteiger partial charge in [-0.25, -0.2) is 9.13 Å². The molecule has 0 aromatic carbocycles. The van der Waals surface area contributed by atoms with Crippen LogP contribution in [0.4, 0.5) is 0 Å². The second-order valence-electron chi connectivity index (χ2n) is 22.9. The molecule has 81 heavy (non-hydrogen) atoms. The fraction of sp³-hybridized carbons (Fsp3) is 0.935. The van der Waals surface area contributed by atoms with E-state index in [2.05, 4.69) is 34.6 Å². The maximum atomic E-state index is 13.0. The van der Waals surface area contributed by atoms with Crippen molar-refractivity contribution in [3.05, 3.63) is 0 Å². The van der Waals surface area contributed by atoms with Gasteiger partial charge in [0.05, 0.1) is 26.4 Å². The molecule has 0 amide bonds. The van der Waals surface area contributed by atoms with Crippen molar-refractivity contribution in [3.63, 3.8) is 0 Å². The number of aliphatic hydroxyl groups is 1. The molecule has 0 rings (SSSR count). The van der Waals surface area contributed by atoms with Gasteiger partial charge in [0.1, 0.15) is 19.3 Å². The summed E-state index contributed by atoms with van der Waals surface area (Å²) >= 11 is 0. The molecule has 0 aliphatic rings. The highest BCUT2D eigenvalue weighted by Crippen LogP contribution is 2.45. The van der Waals surface area contributed by atoms with E-state index in [9.17, 15) is 43.2 Å². The average molecular weight is 1200 g/mol. The maximum absolute atomic E-state index is 13.0. The van der Waals surface area contributed by atoms with Crippen molar-refractivity contribution in [1.82, 2.24) is 0 Å². The number of esters is 4. The van der Waals surface area contributed by atoms with E-state index in [0.717, 1.165) is 102 Å². The van der Waals surface area contributed by atoms with Gasteiger partial charge >= 0.3 is 39.5 Å². The zero-order valence-electron chi connectivity index (χ0n) is 51.9. The lowest BCUT2D eigenvalue weighted by Crippen LogP contribution is -2.30. The lowest BCUT2D eigenvalue weighted by atomic mass is 10.0.